The maximum absolute atomic E-state index is 12.4. The molecule has 0 aliphatic rings. The molecule has 0 spiro atoms. The topological polar surface area (TPSA) is 128 Å². The fourth-order valence-electron chi connectivity index (χ4n) is 3.53. The van der Waals surface area contributed by atoms with Crippen molar-refractivity contribution >= 4 is 33.5 Å². The minimum atomic E-state index is -1.54. The molecule has 8 heteroatoms. The SMILES string of the molecule is COc1cccc(Cn2c(C)c(N)c3c4oc(C(=O)O)c(O)c(=O)c4ccc32)c1. The van der Waals surface area contributed by atoms with Crippen LogP contribution in [-0.4, -0.2) is 27.9 Å². The van der Waals surface area contributed by atoms with Gasteiger partial charge in [0.25, 0.3) is 5.76 Å². The molecule has 4 aromatic rings. The number of hydrogen-bond acceptors (Lipinski definition) is 6. The highest BCUT2D eigenvalue weighted by Crippen LogP contribution is 2.35. The number of hydrogen-bond donors (Lipinski definition) is 3. The molecule has 0 aliphatic carbocycles. The Morgan fingerprint density at radius 2 is 2.03 bits per heavy atom. The highest BCUT2D eigenvalue weighted by molar-refractivity contribution is 6.11. The summed E-state index contributed by atoms with van der Waals surface area (Å²) in [5, 5.41) is 19.6. The molecule has 0 saturated heterocycles. The second-order valence-electron chi connectivity index (χ2n) is 6.69. The van der Waals surface area contributed by atoms with E-state index in [1.165, 1.54) is 6.07 Å². The molecule has 2 aromatic carbocycles. The number of carboxylic acid groups (broad SMARTS) is 1. The van der Waals surface area contributed by atoms with Gasteiger partial charge in [-0.3, -0.25) is 4.79 Å². The molecule has 0 unspecified atom stereocenters. The van der Waals surface area contributed by atoms with Crippen LogP contribution in [0.5, 0.6) is 11.5 Å². The highest BCUT2D eigenvalue weighted by Gasteiger charge is 2.23. The van der Waals surface area contributed by atoms with Crippen LogP contribution in [0.3, 0.4) is 0 Å². The van der Waals surface area contributed by atoms with Crippen LogP contribution < -0.4 is 15.9 Å². The van der Waals surface area contributed by atoms with Crippen LogP contribution >= 0.6 is 0 Å². The van der Waals surface area contributed by atoms with E-state index < -0.39 is 22.9 Å². The lowest BCUT2D eigenvalue weighted by Gasteiger charge is -2.10. The summed E-state index contributed by atoms with van der Waals surface area (Å²) >= 11 is 0. The molecule has 0 atom stereocenters. The van der Waals surface area contributed by atoms with Crippen molar-refractivity contribution in [1.29, 1.82) is 0 Å². The van der Waals surface area contributed by atoms with E-state index in [4.69, 9.17) is 14.9 Å². The minimum Gasteiger partial charge on any atom is -0.501 e. The number of benzene rings is 2. The van der Waals surface area contributed by atoms with E-state index in [2.05, 4.69) is 0 Å². The molecule has 2 aromatic heterocycles. The Kier molecular flexibility index (Phi) is 4.19. The molecular weight excluding hydrogens is 376 g/mol. The van der Waals surface area contributed by atoms with Crippen molar-refractivity contribution in [2.45, 2.75) is 13.5 Å². The molecule has 0 radical (unpaired) electrons. The van der Waals surface area contributed by atoms with Gasteiger partial charge in [0.2, 0.25) is 11.2 Å². The number of anilines is 1. The Morgan fingerprint density at radius 1 is 1.28 bits per heavy atom. The summed E-state index contributed by atoms with van der Waals surface area (Å²) in [4.78, 5) is 23.8. The average molecular weight is 394 g/mol. The molecule has 0 amide bonds. The van der Waals surface area contributed by atoms with Crippen molar-refractivity contribution in [2.75, 3.05) is 12.8 Å². The van der Waals surface area contributed by atoms with Gasteiger partial charge >= 0.3 is 5.97 Å². The maximum atomic E-state index is 12.4. The van der Waals surface area contributed by atoms with Gasteiger partial charge in [-0.05, 0) is 36.8 Å². The monoisotopic (exact) mass is 394 g/mol. The van der Waals surface area contributed by atoms with Gasteiger partial charge < -0.3 is 29.7 Å². The standard InChI is InChI=1S/C21H18N2O6/c1-10-16(22)15-14(23(10)9-11-4-3-5-12(8-11)28-2)7-6-13-17(24)18(25)20(21(26)27)29-19(13)15/h3-8,25H,9,22H2,1-2H3,(H,26,27). The first kappa shape index (κ1) is 18.4. The zero-order chi connectivity index (χ0) is 20.9. The van der Waals surface area contributed by atoms with Gasteiger partial charge in [0.1, 0.15) is 5.75 Å². The zero-order valence-corrected chi connectivity index (χ0v) is 15.7. The summed E-state index contributed by atoms with van der Waals surface area (Å²) in [5.74, 6) is -2.56. The van der Waals surface area contributed by atoms with E-state index in [9.17, 15) is 19.8 Å². The first-order valence-corrected chi connectivity index (χ1v) is 8.76. The lowest BCUT2D eigenvalue weighted by molar-refractivity contribution is 0.0658. The van der Waals surface area contributed by atoms with E-state index in [1.54, 1.807) is 13.2 Å². The predicted octanol–water partition coefficient (Wildman–Crippen LogP) is 3.10. The van der Waals surface area contributed by atoms with Crippen LogP contribution in [-0.2, 0) is 6.54 Å². The number of nitrogen functional groups attached to an aromatic ring is 1. The third kappa shape index (κ3) is 2.77. The number of fused-ring (bicyclic) bond motifs is 3. The third-order valence-electron chi connectivity index (χ3n) is 5.04. The number of methoxy groups -OCH3 is 1. The Hall–Kier alpha value is -3.94. The lowest BCUT2D eigenvalue weighted by Crippen LogP contribution is -2.08. The van der Waals surface area contributed by atoms with Crippen LogP contribution in [0.25, 0.3) is 21.9 Å². The highest BCUT2D eigenvalue weighted by atomic mass is 16.5. The van der Waals surface area contributed by atoms with Crippen molar-refractivity contribution in [1.82, 2.24) is 4.57 Å². The van der Waals surface area contributed by atoms with Crippen molar-refractivity contribution in [3.63, 3.8) is 0 Å². The number of aromatic nitrogens is 1. The summed E-state index contributed by atoms with van der Waals surface area (Å²) in [7, 11) is 1.59. The van der Waals surface area contributed by atoms with Gasteiger partial charge in [-0.1, -0.05) is 12.1 Å². The molecule has 4 N–H and O–H groups in total. The van der Waals surface area contributed by atoms with Gasteiger partial charge in [-0.2, -0.15) is 0 Å². The number of aromatic hydroxyl groups is 1. The summed E-state index contributed by atoms with van der Waals surface area (Å²) in [6, 6.07) is 10.8. The smallest absolute Gasteiger partial charge is 0.375 e. The Bertz CT molecular complexity index is 1350. The molecule has 0 saturated carbocycles. The normalized spacial score (nSPS) is 11.2. The quantitative estimate of drug-likeness (QED) is 0.485. The lowest BCUT2D eigenvalue weighted by atomic mass is 10.1. The van der Waals surface area contributed by atoms with E-state index in [-0.39, 0.29) is 11.0 Å². The zero-order valence-electron chi connectivity index (χ0n) is 15.7. The molecule has 8 nitrogen and oxygen atoms in total. The van der Waals surface area contributed by atoms with E-state index in [1.807, 2.05) is 35.8 Å². The fourth-order valence-corrected chi connectivity index (χ4v) is 3.53. The number of carboxylic acids is 1. The first-order valence-electron chi connectivity index (χ1n) is 8.76. The number of ether oxygens (including phenoxy) is 1. The molecule has 148 valence electrons. The molecule has 0 aliphatic heterocycles. The van der Waals surface area contributed by atoms with E-state index in [0.29, 0.717) is 23.1 Å². The van der Waals surface area contributed by atoms with Crippen LogP contribution in [0.4, 0.5) is 5.69 Å². The summed E-state index contributed by atoms with van der Waals surface area (Å²) in [5.41, 5.74) is 8.30. The van der Waals surface area contributed by atoms with Gasteiger partial charge in [-0.25, -0.2) is 4.79 Å². The van der Waals surface area contributed by atoms with Crippen molar-refractivity contribution in [3.05, 3.63) is 63.6 Å². The van der Waals surface area contributed by atoms with Crippen LogP contribution in [0, 0.1) is 6.92 Å². The second kappa shape index (κ2) is 6.59. The molecule has 0 fully saturated rings. The number of carbonyl (C=O) groups is 1. The predicted molar refractivity (Wildman–Crippen MR) is 108 cm³/mol. The number of nitrogens with two attached hydrogens (primary N) is 1. The Labute approximate surface area is 164 Å². The summed E-state index contributed by atoms with van der Waals surface area (Å²) < 4.78 is 12.6. The van der Waals surface area contributed by atoms with Crippen LogP contribution in [0.2, 0.25) is 0 Å². The fraction of sp³-hybridized carbons (Fsp3) is 0.143. The maximum Gasteiger partial charge on any atom is 0.375 e. The largest absolute Gasteiger partial charge is 0.501 e. The van der Waals surface area contributed by atoms with E-state index >= 15 is 0 Å². The number of aromatic carboxylic acids is 1. The molecular formula is C21H18N2O6. The van der Waals surface area contributed by atoms with Gasteiger partial charge in [0.05, 0.1) is 29.1 Å². The molecule has 2 heterocycles. The summed E-state index contributed by atoms with van der Waals surface area (Å²) in [6.07, 6.45) is 0. The molecule has 4 rings (SSSR count). The average Bonchev–Trinajstić information content (AvgIpc) is 2.95. The minimum absolute atomic E-state index is 0.0349. The van der Waals surface area contributed by atoms with Crippen LogP contribution in [0.1, 0.15) is 21.8 Å². The number of nitrogens with zero attached hydrogens (tertiary/aromatic N) is 1. The van der Waals surface area contributed by atoms with Crippen molar-refractivity contribution < 1.29 is 24.2 Å². The number of rotatable bonds is 4. The Morgan fingerprint density at radius 3 is 2.72 bits per heavy atom. The summed E-state index contributed by atoms with van der Waals surface area (Å²) in [6.45, 7) is 2.31. The van der Waals surface area contributed by atoms with Gasteiger partial charge in [0.15, 0.2) is 5.58 Å². The van der Waals surface area contributed by atoms with Crippen LogP contribution in [0.15, 0.2) is 45.6 Å². The van der Waals surface area contributed by atoms with Gasteiger partial charge in [-0.15, -0.1) is 0 Å². The molecule has 29 heavy (non-hydrogen) atoms. The Balaban J connectivity index is 2.01. The second-order valence-corrected chi connectivity index (χ2v) is 6.69. The van der Waals surface area contributed by atoms with Crippen molar-refractivity contribution in [3.8, 4) is 11.5 Å². The van der Waals surface area contributed by atoms with Gasteiger partial charge in [0, 0.05) is 12.2 Å². The van der Waals surface area contributed by atoms with E-state index in [0.717, 1.165) is 17.0 Å². The third-order valence-corrected chi connectivity index (χ3v) is 5.04. The van der Waals surface area contributed by atoms with Crippen molar-refractivity contribution in [2.24, 2.45) is 0 Å². The molecule has 0 bridgehead atoms. The first-order chi connectivity index (χ1) is 13.8.